The normalized spacial score (nSPS) is 10.9. The highest BCUT2D eigenvalue weighted by atomic mass is 16.3. The second-order valence-corrected chi connectivity index (χ2v) is 7.11. The summed E-state index contributed by atoms with van der Waals surface area (Å²) in [5.41, 5.74) is 11.6. The molecule has 0 amide bonds. The van der Waals surface area contributed by atoms with Gasteiger partial charge in [-0.2, -0.15) is 5.26 Å². The van der Waals surface area contributed by atoms with Crippen LogP contribution in [-0.2, 0) is 6.61 Å². The van der Waals surface area contributed by atoms with Gasteiger partial charge < -0.3 is 10.8 Å². The quantitative estimate of drug-likeness (QED) is 0.456. The van der Waals surface area contributed by atoms with Gasteiger partial charge in [-0.05, 0) is 54.1 Å². The van der Waals surface area contributed by atoms with E-state index in [-0.39, 0.29) is 6.61 Å². The van der Waals surface area contributed by atoms with Gasteiger partial charge in [-0.1, -0.05) is 12.1 Å². The number of aromatic nitrogens is 5. The van der Waals surface area contributed by atoms with E-state index in [9.17, 15) is 5.11 Å². The number of aliphatic hydroxyl groups excluding tert-OH is 1. The molecule has 1 aromatic carbocycles. The number of rotatable bonds is 4. The van der Waals surface area contributed by atoms with E-state index >= 15 is 0 Å². The summed E-state index contributed by atoms with van der Waals surface area (Å²) in [6, 6.07) is 20.5. The van der Waals surface area contributed by atoms with Gasteiger partial charge in [0.15, 0.2) is 11.5 Å². The molecule has 5 aromatic rings. The highest BCUT2D eigenvalue weighted by Gasteiger charge is 2.18. The van der Waals surface area contributed by atoms with E-state index in [1.165, 1.54) is 6.20 Å². The summed E-state index contributed by atoms with van der Waals surface area (Å²) in [5.74, 6) is 0.977. The van der Waals surface area contributed by atoms with Gasteiger partial charge in [0.2, 0.25) is 0 Å². The second-order valence-electron chi connectivity index (χ2n) is 7.11. The van der Waals surface area contributed by atoms with Crippen molar-refractivity contribution in [1.82, 2.24) is 24.5 Å². The van der Waals surface area contributed by atoms with Crippen molar-refractivity contribution in [3.8, 4) is 34.5 Å². The summed E-state index contributed by atoms with van der Waals surface area (Å²) in [6.07, 6.45) is 3.16. The lowest BCUT2D eigenvalue weighted by Gasteiger charge is -2.11. The van der Waals surface area contributed by atoms with Crippen LogP contribution in [-0.4, -0.2) is 29.6 Å². The van der Waals surface area contributed by atoms with Gasteiger partial charge in [-0.3, -0.25) is 9.55 Å². The fourth-order valence-electron chi connectivity index (χ4n) is 3.49. The van der Waals surface area contributed by atoms with E-state index in [2.05, 4.69) is 16.0 Å². The van der Waals surface area contributed by atoms with Crippen LogP contribution in [0.1, 0.15) is 11.1 Å². The Morgan fingerprint density at radius 1 is 0.938 bits per heavy atom. The highest BCUT2D eigenvalue weighted by Crippen LogP contribution is 2.31. The van der Waals surface area contributed by atoms with Crippen molar-refractivity contribution in [2.45, 2.75) is 6.61 Å². The van der Waals surface area contributed by atoms with Crippen LogP contribution in [0.3, 0.4) is 0 Å². The van der Waals surface area contributed by atoms with Crippen LogP contribution in [0.5, 0.6) is 0 Å². The number of fused-ring (bicyclic) bond motifs is 1. The molecule has 0 atom stereocenters. The van der Waals surface area contributed by atoms with E-state index in [1.807, 2.05) is 53.1 Å². The standard InChI is InChI=1S/C24H17N7O/c25-12-16-5-8-19(28-13-16)20-9-10-21-24(29-20)31(17-6-3-15(14-32)4-7-17)23(30-21)18-2-1-11-27-22(18)26/h1-11,13,32H,14H2,(H2,26,27). The predicted molar refractivity (Wildman–Crippen MR) is 120 cm³/mol. The third-order valence-electron chi connectivity index (χ3n) is 5.12. The number of nitrogens with zero attached hydrogens (tertiary/aromatic N) is 6. The molecule has 0 radical (unpaired) electrons. The first-order valence-electron chi connectivity index (χ1n) is 9.85. The van der Waals surface area contributed by atoms with E-state index in [1.54, 1.807) is 18.3 Å². The first-order chi connectivity index (χ1) is 15.7. The average Bonchev–Trinajstić information content (AvgIpc) is 3.23. The van der Waals surface area contributed by atoms with Crippen molar-refractivity contribution in [2.75, 3.05) is 5.73 Å². The topological polar surface area (TPSA) is 127 Å². The molecule has 4 aromatic heterocycles. The zero-order chi connectivity index (χ0) is 22.1. The number of hydrogen-bond donors (Lipinski definition) is 2. The van der Waals surface area contributed by atoms with Gasteiger partial charge in [-0.15, -0.1) is 0 Å². The van der Waals surface area contributed by atoms with E-state index in [0.717, 1.165) is 11.3 Å². The molecule has 0 aliphatic heterocycles. The van der Waals surface area contributed by atoms with Crippen molar-refractivity contribution in [3.05, 3.63) is 84.2 Å². The molecule has 0 bridgehead atoms. The Bertz CT molecular complexity index is 1470. The fourth-order valence-corrected chi connectivity index (χ4v) is 3.49. The van der Waals surface area contributed by atoms with Gasteiger partial charge in [0.1, 0.15) is 17.4 Å². The molecule has 154 valence electrons. The minimum atomic E-state index is -0.0415. The fraction of sp³-hybridized carbons (Fsp3) is 0.0417. The van der Waals surface area contributed by atoms with Crippen LogP contribution in [0.2, 0.25) is 0 Å². The molecule has 0 spiro atoms. The number of aliphatic hydroxyl groups is 1. The third kappa shape index (κ3) is 3.33. The van der Waals surface area contributed by atoms with Crippen LogP contribution in [0.15, 0.2) is 73.1 Å². The molecule has 0 unspecified atom stereocenters. The minimum Gasteiger partial charge on any atom is -0.392 e. The monoisotopic (exact) mass is 419 g/mol. The molecule has 0 saturated heterocycles. The molecule has 32 heavy (non-hydrogen) atoms. The van der Waals surface area contributed by atoms with Gasteiger partial charge in [0.05, 0.1) is 29.1 Å². The Balaban J connectivity index is 1.75. The van der Waals surface area contributed by atoms with Gasteiger partial charge >= 0.3 is 0 Å². The molecule has 3 N–H and O–H groups in total. The number of benzene rings is 1. The zero-order valence-electron chi connectivity index (χ0n) is 16.8. The van der Waals surface area contributed by atoms with E-state index in [4.69, 9.17) is 21.0 Å². The maximum atomic E-state index is 9.42. The summed E-state index contributed by atoms with van der Waals surface area (Å²) >= 11 is 0. The number of pyridine rings is 3. The predicted octanol–water partition coefficient (Wildman–Crippen LogP) is 3.49. The molecule has 0 saturated carbocycles. The Labute approximate surface area is 183 Å². The first kappa shape index (κ1) is 19.4. The van der Waals surface area contributed by atoms with Gasteiger partial charge in [-0.25, -0.2) is 15.0 Å². The number of hydrogen-bond acceptors (Lipinski definition) is 7. The summed E-state index contributed by atoms with van der Waals surface area (Å²) in [7, 11) is 0. The average molecular weight is 419 g/mol. The van der Waals surface area contributed by atoms with Crippen LogP contribution >= 0.6 is 0 Å². The largest absolute Gasteiger partial charge is 0.392 e. The molecular weight excluding hydrogens is 402 g/mol. The van der Waals surface area contributed by atoms with Crippen LogP contribution < -0.4 is 5.73 Å². The van der Waals surface area contributed by atoms with Crippen LogP contribution in [0, 0.1) is 11.3 Å². The molecule has 0 aliphatic rings. The molecule has 4 heterocycles. The summed E-state index contributed by atoms with van der Waals surface area (Å²) in [5, 5.41) is 18.4. The smallest absolute Gasteiger partial charge is 0.165 e. The maximum Gasteiger partial charge on any atom is 0.165 e. The van der Waals surface area contributed by atoms with Crippen molar-refractivity contribution in [1.29, 1.82) is 5.26 Å². The molecule has 0 fully saturated rings. The third-order valence-corrected chi connectivity index (χ3v) is 5.12. The number of nitrogens with two attached hydrogens (primary N) is 1. The number of nitrogen functional groups attached to an aromatic ring is 1. The molecule has 0 aliphatic carbocycles. The SMILES string of the molecule is N#Cc1ccc(-c2ccc3nc(-c4cccnc4N)n(-c4ccc(CO)cc4)c3n2)nc1. The van der Waals surface area contributed by atoms with Gasteiger partial charge in [0, 0.05) is 18.1 Å². The van der Waals surface area contributed by atoms with E-state index in [0.29, 0.717) is 45.3 Å². The lowest BCUT2D eigenvalue weighted by Crippen LogP contribution is -2.02. The second kappa shape index (κ2) is 7.91. The lowest BCUT2D eigenvalue weighted by molar-refractivity contribution is 0.282. The van der Waals surface area contributed by atoms with Crippen molar-refractivity contribution >= 4 is 17.0 Å². The number of nitriles is 1. The summed E-state index contributed by atoms with van der Waals surface area (Å²) in [6.45, 7) is -0.0415. The Hall–Kier alpha value is -4.61. The first-order valence-corrected chi connectivity index (χ1v) is 9.85. The van der Waals surface area contributed by atoms with E-state index < -0.39 is 0 Å². The van der Waals surface area contributed by atoms with Crippen molar-refractivity contribution < 1.29 is 5.11 Å². The van der Waals surface area contributed by atoms with Gasteiger partial charge in [0.25, 0.3) is 0 Å². The zero-order valence-corrected chi connectivity index (χ0v) is 16.8. The summed E-state index contributed by atoms with van der Waals surface area (Å²) < 4.78 is 1.91. The Morgan fingerprint density at radius 3 is 2.44 bits per heavy atom. The van der Waals surface area contributed by atoms with Crippen molar-refractivity contribution in [2.24, 2.45) is 0 Å². The molecule has 8 heteroatoms. The maximum absolute atomic E-state index is 9.42. The van der Waals surface area contributed by atoms with Crippen molar-refractivity contribution in [3.63, 3.8) is 0 Å². The molecule has 5 rings (SSSR count). The minimum absolute atomic E-state index is 0.0415. The number of imidazole rings is 1. The Kier molecular flexibility index (Phi) is 4.78. The van der Waals surface area contributed by atoms with Crippen LogP contribution in [0.25, 0.3) is 39.6 Å². The molecule has 8 nitrogen and oxygen atoms in total. The lowest BCUT2D eigenvalue weighted by atomic mass is 10.2. The summed E-state index contributed by atoms with van der Waals surface area (Å²) in [4.78, 5) is 18.2. The molecular formula is C24H17N7O. The number of anilines is 1. The highest BCUT2D eigenvalue weighted by molar-refractivity contribution is 5.84. The van der Waals surface area contributed by atoms with Crippen LogP contribution in [0.4, 0.5) is 5.82 Å². The Morgan fingerprint density at radius 2 is 1.75 bits per heavy atom.